The van der Waals surface area contributed by atoms with Crippen LogP contribution in [0.1, 0.15) is 5.56 Å². The number of nitriles is 1. The van der Waals surface area contributed by atoms with Crippen LogP contribution < -0.4 is 15.5 Å². The summed E-state index contributed by atoms with van der Waals surface area (Å²) in [6.07, 6.45) is 1.82. The highest BCUT2D eigenvalue weighted by molar-refractivity contribution is 5.64. The lowest BCUT2D eigenvalue weighted by molar-refractivity contribution is 0.647. The molecule has 3 rings (SSSR count). The zero-order chi connectivity index (χ0) is 14.7. The number of benzene rings is 1. The number of hydrogen-bond donors (Lipinski definition) is 1. The molecule has 1 aromatic heterocycles. The van der Waals surface area contributed by atoms with Crippen LogP contribution >= 0.6 is 0 Å². The predicted molar refractivity (Wildman–Crippen MR) is 84.2 cm³/mol. The van der Waals surface area contributed by atoms with Gasteiger partial charge in [-0.3, -0.25) is 0 Å². The molecule has 2 aromatic rings. The molecule has 0 atom stereocenters. The van der Waals surface area contributed by atoms with Crippen molar-refractivity contribution in [2.24, 2.45) is 0 Å². The fourth-order valence-electron chi connectivity index (χ4n) is 2.58. The minimum Gasteiger partial charge on any atom is -0.398 e. The van der Waals surface area contributed by atoms with Crippen molar-refractivity contribution in [1.29, 1.82) is 5.26 Å². The maximum absolute atomic E-state index is 8.92. The molecule has 1 aliphatic rings. The molecule has 2 heterocycles. The molecule has 1 fully saturated rings. The highest BCUT2D eigenvalue weighted by atomic mass is 15.3. The van der Waals surface area contributed by atoms with Gasteiger partial charge < -0.3 is 15.5 Å². The first-order valence-corrected chi connectivity index (χ1v) is 6.98. The zero-order valence-corrected chi connectivity index (χ0v) is 11.7. The molecule has 0 saturated carbocycles. The van der Waals surface area contributed by atoms with Crippen LogP contribution in [0, 0.1) is 11.3 Å². The van der Waals surface area contributed by atoms with E-state index in [9.17, 15) is 0 Å². The fourth-order valence-corrected chi connectivity index (χ4v) is 2.58. The molecule has 5 heteroatoms. The van der Waals surface area contributed by atoms with E-state index in [0.717, 1.165) is 37.7 Å². The zero-order valence-electron chi connectivity index (χ0n) is 11.7. The molecule has 1 aliphatic heterocycles. The summed E-state index contributed by atoms with van der Waals surface area (Å²) in [7, 11) is 0. The third kappa shape index (κ3) is 2.75. The minimum atomic E-state index is 0.533. The van der Waals surface area contributed by atoms with E-state index in [1.807, 2.05) is 36.5 Å². The SMILES string of the molecule is N#Cc1ccc(N2CCN(c3ccccn3)CC2)cc1N. The molecule has 0 amide bonds. The van der Waals surface area contributed by atoms with E-state index in [2.05, 4.69) is 20.9 Å². The Morgan fingerprint density at radius 2 is 1.81 bits per heavy atom. The molecule has 0 aliphatic carbocycles. The highest BCUT2D eigenvalue weighted by Crippen LogP contribution is 2.23. The first-order chi connectivity index (χ1) is 10.3. The van der Waals surface area contributed by atoms with Crippen molar-refractivity contribution in [3.63, 3.8) is 0 Å². The molecule has 0 unspecified atom stereocenters. The van der Waals surface area contributed by atoms with Crippen LogP contribution in [0.25, 0.3) is 0 Å². The van der Waals surface area contributed by atoms with E-state index in [1.54, 1.807) is 6.07 Å². The van der Waals surface area contributed by atoms with Crippen LogP contribution in [0.5, 0.6) is 0 Å². The summed E-state index contributed by atoms with van der Waals surface area (Å²) in [5, 5.41) is 8.92. The monoisotopic (exact) mass is 279 g/mol. The van der Waals surface area contributed by atoms with Crippen LogP contribution in [0.3, 0.4) is 0 Å². The van der Waals surface area contributed by atoms with Gasteiger partial charge in [0.2, 0.25) is 0 Å². The van der Waals surface area contributed by atoms with E-state index in [1.165, 1.54) is 0 Å². The van der Waals surface area contributed by atoms with Crippen molar-refractivity contribution in [2.45, 2.75) is 0 Å². The van der Waals surface area contributed by atoms with E-state index < -0.39 is 0 Å². The number of nitrogen functional groups attached to an aromatic ring is 1. The molecular weight excluding hydrogens is 262 g/mol. The van der Waals surface area contributed by atoms with Crippen LogP contribution in [0.2, 0.25) is 0 Å². The van der Waals surface area contributed by atoms with Gasteiger partial charge in [0.05, 0.1) is 11.3 Å². The molecule has 0 spiro atoms. The Hall–Kier alpha value is -2.74. The van der Waals surface area contributed by atoms with Crippen LogP contribution in [0.4, 0.5) is 17.2 Å². The average molecular weight is 279 g/mol. The van der Waals surface area contributed by atoms with Gasteiger partial charge in [-0.25, -0.2) is 4.98 Å². The lowest BCUT2D eigenvalue weighted by Crippen LogP contribution is -2.46. The first-order valence-electron chi connectivity index (χ1n) is 6.98. The van der Waals surface area contributed by atoms with Gasteiger partial charge in [-0.05, 0) is 30.3 Å². The number of nitrogens with zero attached hydrogens (tertiary/aromatic N) is 4. The maximum atomic E-state index is 8.92. The van der Waals surface area contributed by atoms with E-state index in [-0.39, 0.29) is 0 Å². The number of pyridine rings is 1. The smallest absolute Gasteiger partial charge is 0.128 e. The van der Waals surface area contributed by atoms with Crippen molar-refractivity contribution < 1.29 is 0 Å². The van der Waals surface area contributed by atoms with Gasteiger partial charge in [0.15, 0.2) is 0 Å². The lowest BCUT2D eigenvalue weighted by Gasteiger charge is -2.36. The second-order valence-electron chi connectivity index (χ2n) is 5.05. The van der Waals surface area contributed by atoms with E-state index >= 15 is 0 Å². The Kier molecular flexibility index (Phi) is 3.61. The van der Waals surface area contributed by atoms with E-state index in [4.69, 9.17) is 11.0 Å². The summed E-state index contributed by atoms with van der Waals surface area (Å²) >= 11 is 0. The molecular formula is C16H17N5. The molecule has 0 bridgehead atoms. The molecule has 5 nitrogen and oxygen atoms in total. The molecule has 2 N–H and O–H groups in total. The van der Waals surface area contributed by atoms with Crippen LogP contribution in [-0.4, -0.2) is 31.2 Å². The second kappa shape index (κ2) is 5.71. The standard InChI is InChI=1S/C16H17N5/c17-12-13-4-5-14(11-15(13)18)20-7-9-21(10-8-20)16-3-1-2-6-19-16/h1-6,11H,7-10,18H2. The van der Waals surface area contributed by atoms with Gasteiger partial charge in [-0.1, -0.05) is 6.07 Å². The van der Waals surface area contributed by atoms with Gasteiger partial charge in [0.1, 0.15) is 11.9 Å². The summed E-state index contributed by atoms with van der Waals surface area (Å²) in [5.74, 6) is 1.02. The molecule has 1 saturated heterocycles. The molecule has 1 aromatic carbocycles. The summed E-state index contributed by atoms with van der Waals surface area (Å²) in [6, 6.07) is 13.7. The van der Waals surface area contributed by atoms with Gasteiger partial charge >= 0.3 is 0 Å². The Balaban J connectivity index is 1.69. The number of rotatable bonds is 2. The minimum absolute atomic E-state index is 0.533. The van der Waals surface area contributed by atoms with Gasteiger partial charge in [0.25, 0.3) is 0 Å². The average Bonchev–Trinajstić information content (AvgIpc) is 2.56. The van der Waals surface area contributed by atoms with Crippen LogP contribution in [0.15, 0.2) is 42.6 Å². The third-order valence-electron chi connectivity index (χ3n) is 3.77. The Morgan fingerprint density at radius 3 is 2.43 bits per heavy atom. The Bertz CT molecular complexity index is 654. The summed E-state index contributed by atoms with van der Waals surface area (Å²) in [6.45, 7) is 3.69. The fraction of sp³-hybridized carbons (Fsp3) is 0.250. The largest absolute Gasteiger partial charge is 0.398 e. The highest BCUT2D eigenvalue weighted by Gasteiger charge is 2.18. The summed E-state index contributed by atoms with van der Waals surface area (Å²) in [4.78, 5) is 8.96. The van der Waals surface area contributed by atoms with Crippen LogP contribution in [-0.2, 0) is 0 Å². The van der Waals surface area contributed by atoms with Crippen molar-refractivity contribution in [1.82, 2.24) is 4.98 Å². The summed E-state index contributed by atoms with van der Waals surface area (Å²) < 4.78 is 0. The van der Waals surface area contributed by atoms with Gasteiger partial charge in [0, 0.05) is 38.1 Å². The van der Waals surface area contributed by atoms with Crippen molar-refractivity contribution >= 4 is 17.2 Å². The van der Waals surface area contributed by atoms with Crippen molar-refractivity contribution in [2.75, 3.05) is 41.7 Å². The predicted octanol–water partition coefficient (Wildman–Crippen LogP) is 1.86. The maximum Gasteiger partial charge on any atom is 0.128 e. The van der Waals surface area contributed by atoms with Gasteiger partial charge in [-0.2, -0.15) is 5.26 Å². The quantitative estimate of drug-likeness (QED) is 0.850. The number of nitrogens with two attached hydrogens (primary N) is 1. The summed E-state index contributed by atoms with van der Waals surface area (Å²) in [5.41, 5.74) is 8.04. The molecule has 106 valence electrons. The number of anilines is 3. The third-order valence-corrected chi connectivity index (χ3v) is 3.77. The van der Waals surface area contributed by atoms with Crippen molar-refractivity contribution in [3.05, 3.63) is 48.2 Å². The first kappa shape index (κ1) is 13.3. The van der Waals surface area contributed by atoms with E-state index in [0.29, 0.717) is 11.3 Å². The normalized spacial score (nSPS) is 14.8. The molecule has 21 heavy (non-hydrogen) atoms. The topological polar surface area (TPSA) is 69.2 Å². The van der Waals surface area contributed by atoms with Crippen molar-refractivity contribution in [3.8, 4) is 6.07 Å². The number of aromatic nitrogens is 1. The number of hydrogen-bond acceptors (Lipinski definition) is 5. The number of piperazine rings is 1. The molecule has 0 radical (unpaired) electrons. The lowest BCUT2D eigenvalue weighted by atomic mass is 10.1. The Morgan fingerprint density at radius 1 is 1.05 bits per heavy atom. The Labute approximate surface area is 124 Å². The second-order valence-corrected chi connectivity index (χ2v) is 5.05. The van der Waals surface area contributed by atoms with Gasteiger partial charge in [-0.15, -0.1) is 0 Å².